The summed E-state index contributed by atoms with van der Waals surface area (Å²) in [5.41, 5.74) is 4.21. The molecule has 0 aliphatic carbocycles. The fraction of sp³-hybridized carbons (Fsp3) is 0.714. The number of unbranched alkanes of at least 4 members (excludes halogenated alkanes) is 7. The number of hydrogen-bond acceptors (Lipinski definition) is 0. The van der Waals surface area contributed by atoms with Gasteiger partial charge in [-0.15, -0.1) is 11.6 Å². The zero-order valence-corrected chi connectivity index (χ0v) is 15.9. The minimum absolute atomic E-state index is 0.223. The topological polar surface area (TPSA) is 0 Å². The molecule has 0 saturated heterocycles. The van der Waals surface area contributed by atoms with Crippen molar-refractivity contribution in [2.45, 2.75) is 96.8 Å². The Bertz CT molecular complexity index is 420. The van der Waals surface area contributed by atoms with Crippen molar-refractivity contribution in [1.82, 2.24) is 0 Å². The molecule has 0 aromatic heterocycles. The molecule has 0 heterocycles. The van der Waals surface area contributed by atoms with Gasteiger partial charge in [-0.3, -0.25) is 0 Å². The Kier molecular flexibility index (Phi) is 9.17. The Hall–Kier alpha value is -0.490. The molecule has 0 N–H and O–H groups in total. The fourth-order valence-corrected chi connectivity index (χ4v) is 3.36. The molecule has 0 aliphatic heterocycles. The maximum atomic E-state index is 6.67. The van der Waals surface area contributed by atoms with E-state index >= 15 is 0 Å². The predicted molar refractivity (Wildman–Crippen MR) is 101 cm³/mol. The maximum absolute atomic E-state index is 6.67. The van der Waals surface area contributed by atoms with E-state index in [1.165, 1.54) is 74.5 Å². The van der Waals surface area contributed by atoms with Gasteiger partial charge in [-0.05, 0) is 49.8 Å². The summed E-state index contributed by atoms with van der Waals surface area (Å²) in [5, 5.41) is 0. The van der Waals surface area contributed by atoms with Crippen LogP contribution >= 0.6 is 11.6 Å². The smallest absolute Gasteiger partial charge is 0.0666 e. The molecule has 0 nitrogen and oxygen atoms in total. The highest BCUT2D eigenvalue weighted by atomic mass is 35.5. The van der Waals surface area contributed by atoms with Crippen LogP contribution in [0.3, 0.4) is 0 Å². The molecule has 22 heavy (non-hydrogen) atoms. The average Bonchev–Trinajstić information content (AvgIpc) is 2.51. The third kappa shape index (κ3) is 6.32. The lowest BCUT2D eigenvalue weighted by Gasteiger charge is -2.24. The van der Waals surface area contributed by atoms with Crippen LogP contribution in [0.15, 0.2) is 18.2 Å². The second-order valence-corrected chi connectivity index (χ2v) is 7.70. The van der Waals surface area contributed by atoms with Gasteiger partial charge in [-0.25, -0.2) is 0 Å². The summed E-state index contributed by atoms with van der Waals surface area (Å²) in [7, 11) is 0. The first kappa shape index (κ1) is 19.6. The van der Waals surface area contributed by atoms with Gasteiger partial charge in [-0.1, -0.05) is 77.0 Å². The van der Waals surface area contributed by atoms with Crippen molar-refractivity contribution in [1.29, 1.82) is 0 Å². The average molecular weight is 323 g/mol. The molecule has 126 valence electrons. The number of benzene rings is 1. The molecule has 1 aromatic carbocycles. The first-order valence-corrected chi connectivity index (χ1v) is 9.68. The predicted octanol–water partition coefficient (Wildman–Crippen LogP) is 7.54. The van der Waals surface area contributed by atoms with Crippen LogP contribution in [0.2, 0.25) is 0 Å². The normalized spacial score (nSPS) is 14.0. The Morgan fingerprint density at radius 3 is 2.09 bits per heavy atom. The van der Waals surface area contributed by atoms with Crippen LogP contribution in [0.25, 0.3) is 0 Å². The van der Waals surface area contributed by atoms with Crippen molar-refractivity contribution in [2.24, 2.45) is 0 Å². The van der Waals surface area contributed by atoms with Crippen LogP contribution in [0.1, 0.15) is 95.2 Å². The molecular weight excluding hydrogens is 288 g/mol. The van der Waals surface area contributed by atoms with Gasteiger partial charge in [0.05, 0.1) is 4.87 Å². The van der Waals surface area contributed by atoms with Gasteiger partial charge in [0.2, 0.25) is 0 Å². The minimum Gasteiger partial charge on any atom is -0.114 e. The number of halogens is 1. The van der Waals surface area contributed by atoms with E-state index in [-0.39, 0.29) is 4.87 Å². The van der Waals surface area contributed by atoms with Gasteiger partial charge in [0.25, 0.3) is 0 Å². The molecule has 0 aliphatic rings. The minimum atomic E-state index is -0.223. The summed E-state index contributed by atoms with van der Waals surface area (Å²) in [6, 6.07) is 6.66. The summed E-state index contributed by atoms with van der Waals surface area (Å²) in [6.45, 7) is 8.82. The molecule has 1 atom stereocenters. The van der Waals surface area contributed by atoms with Crippen LogP contribution in [0, 0.1) is 6.92 Å². The van der Waals surface area contributed by atoms with E-state index in [4.69, 9.17) is 11.6 Å². The second-order valence-electron chi connectivity index (χ2n) is 6.87. The van der Waals surface area contributed by atoms with Crippen molar-refractivity contribution in [3.05, 3.63) is 34.9 Å². The van der Waals surface area contributed by atoms with Crippen LogP contribution in [-0.4, -0.2) is 0 Å². The molecular formula is C21H35Cl. The van der Waals surface area contributed by atoms with Crippen molar-refractivity contribution in [3.8, 4) is 0 Å². The quantitative estimate of drug-likeness (QED) is 0.291. The standard InChI is InChI=1S/C21H35Cl/c1-5-7-8-9-10-11-12-13-15-19-16-14-17-20(18(19)3)21(4,22)6-2/h14,16-17H,5-13,15H2,1-4H3. The van der Waals surface area contributed by atoms with Gasteiger partial charge in [0.1, 0.15) is 0 Å². The van der Waals surface area contributed by atoms with E-state index in [9.17, 15) is 0 Å². The molecule has 1 unspecified atom stereocenters. The van der Waals surface area contributed by atoms with E-state index in [1.807, 2.05) is 0 Å². The van der Waals surface area contributed by atoms with Crippen molar-refractivity contribution in [3.63, 3.8) is 0 Å². The Balaban J connectivity index is 2.39. The van der Waals surface area contributed by atoms with Gasteiger partial charge in [-0.2, -0.15) is 0 Å². The molecule has 0 saturated carbocycles. The highest BCUT2D eigenvalue weighted by molar-refractivity contribution is 6.23. The lowest BCUT2D eigenvalue weighted by atomic mass is 9.89. The van der Waals surface area contributed by atoms with Crippen molar-refractivity contribution in [2.75, 3.05) is 0 Å². The molecule has 1 heteroatoms. The zero-order valence-electron chi connectivity index (χ0n) is 15.2. The van der Waals surface area contributed by atoms with Crippen LogP contribution < -0.4 is 0 Å². The molecule has 0 spiro atoms. The van der Waals surface area contributed by atoms with E-state index in [2.05, 4.69) is 45.9 Å². The Morgan fingerprint density at radius 2 is 1.50 bits per heavy atom. The van der Waals surface area contributed by atoms with E-state index in [0.29, 0.717) is 0 Å². The summed E-state index contributed by atoms with van der Waals surface area (Å²) >= 11 is 6.67. The highest BCUT2D eigenvalue weighted by Crippen LogP contribution is 2.35. The molecule has 0 radical (unpaired) electrons. The van der Waals surface area contributed by atoms with Crippen molar-refractivity contribution < 1.29 is 0 Å². The number of rotatable bonds is 11. The van der Waals surface area contributed by atoms with Gasteiger partial charge < -0.3 is 0 Å². The SMILES string of the molecule is CCCCCCCCCCc1cccc(C(C)(Cl)CC)c1C. The lowest BCUT2D eigenvalue weighted by Crippen LogP contribution is -2.14. The van der Waals surface area contributed by atoms with E-state index < -0.39 is 0 Å². The third-order valence-corrected chi connectivity index (χ3v) is 5.44. The maximum Gasteiger partial charge on any atom is 0.0666 e. The van der Waals surface area contributed by atoms with E-state index in [0.717, 1.165) is 6.42 Å². The van der Waals surface area contributed by atoms with Crippen LogP contribution in [0.5, 0.6) is 0 Å². The molecule has 0 bridgehead atoms. The fourth-order valence-electron chi connectivity index (χ4n) is 3.16. The third-order valence-electron chi connectivity index (χ3n) is 4.97. The van der Waals surface area contributed by atoms with Crippen molar-refractivity contribution >= 4 is 11.6 Å². The number of aryl methyl sites for hydroxylation is 1. The lowest BCUT2D eigenvalue weighted by molar-refractivity contribution is 0.574. The van der Waals surface area contributed by atoms with Gasteiger partial charge >= 0.3 is 0 Å². The summed E-state index contributed by atoms with van der Waals surface area (Å²) in [4.78, 5) is -0.223. The number of hydrogen-bond donors (Lipinski definition) is 0. The summed E-state index contributed by atoms with van der Waals surface area (Å²) in [6.07, 6.45) is 13.2. The Labute approximate surface area is 143 Å². The largest absolute Gasteiger partial charge is 0.114 e. The zero-order chi connectivity index (χ0) is 16.4. The summed E-state index contributed by atoms with van der Waals surface area (Å²) in [5.74, 6) is 0. The van der Waals surface area contributed by atoms with Crippen LogP contribution in [0.4, 0.5) is 0 Å². The van der Waals surface area contributed by atoms with Crippen LogP contribution in [-0.2, 0) is 11.3 Å². The molecule has 1 rings (SSSR count). The first-order chi connectivity index (χ1) is 10.5. The number of alkyl halides is 1. The monoisotopic (exact) mass is 322 g/mol. The van der Waals surface area contributed by atoms with E-state index in [1.54, 1.807) is 0 Å². The van der Waals surface area contributed by atoms with Gasteiger partial charge in [0, 0.05) is 0 Å². The highest BCUT2D eigenvalue weighted by Gasteiger charge is 2.23. The summed E-state index contributed by atoms with van der Waals surface area (Å²) < 4.78 is 0. The molecule has 0 fully saturated rings. The first-order valence-electron chi connectivity index (χ1n) is 9.30. The molecule has 0 amide bonds. The second kappa shape index (κ2) is 10.3. The molecule has 1 aromatic rings. The Morgan fingerprint density at radius 1 is 0.909 bits per heavy atom. The van der Waals surface area contributed by atoms with Gasteiger partial charge in [0.15, 0.2) is 0 Å².